The summed E-state index contributed by atoms with van der Waals surface area (Å²) in [5.74, 6) is -0.246. The third-order valence-electron chi connectivity index (χ3n) is 2.15. The molecule has 5 nitrogen and oxygen atoms in total. The number of carbonyl (C=O) groups excluding carboxylic acids is 1. The maximum Gasteiger partial charge on any atom is 0.239 e. The normalized spacial score (nSPS) is 11.3. The highest BCUT2D eigenvalue weighted by molar-refractivity contribution is 5.85. The summed E-state index contributed by atoms with van der Waals surface area (Å²) >= 11 is 0. The van der Waals surface area contributed by atoms with Gasteiger partial charge in [0, 0.05) is 13.2 Å². The van der Waals surface area contributed by atoms with Crippen LogP contribution in [0.15, 0.2) is 24.3 Å². The summed E-state index contributed by atoms with van der Waals surface area (Å²) in [5.41, 5.74) is 5.51. The molecule has 0 fully saturated rings. The molecule has 1 rings (SSSR count). The molecule has 19 heavy (non-hydrogen) atoms. The van der Waals surface area contributed by atoms with Crippen LogP contribution in [0.25, 0.3) is 0 Å². The molecule has 108 valence electrons. The summed E-state index contributed by atoms with van der Waals surface area (Å²) in [6.07, 6.45) is 0. The highest BCUT2D eigenvalue weighted by atomic mass is 35.5. The second kappa shape index (κ2) is 9.55. The number of carbonyl (C=O) groups is 1. The zero-order valence-electron chi connectivity index (χ0n) is 10.6. The van der Waals surface area contributed by atoms with E-state index < -0.39 is 6.04 Å². The summed E-state index contributed by atoms with van der Waals surface area (Å²) in [6.45, 7) is 0.707. The molecule has 0 aliphatic heterocycles. The Morgan fingerprint density at radius 1 is 1.53 bits per heavy atom. The van der Waals surface area contributed by atoms with Gasteiger partial charge in [0.05, 0.1) is 13.2 Å². The fraction of sp³-hybridized carbons (Fsp3) is 0.417. The Balaban J connectivity index is 0.00000324. The summed E-state index contributed by atoms with van der Waals surface area (Å²) in [7, 11) is 1.47. The molecule has 1 atom stereocenters. The molecule has 3 N–H and O–H groups in total. The van der Waals surface area contributed by atoms with Gasteiger partial charge >= 0.3 is 0 Å². The van der Waals surface area contributed by atoms with Crippen molar-refractivity contribution in [2.75, 3.05) is 26.9 Å². The number of benzene rings is 1. The number of methoxy groups -OCH3 is 1. The van der Waals surface area contributed by atoms with Gasteiger partial charge in [-0.3, -0.25) is 4.79 Å². The van der Waals surface area contributed by atoms with Crippen molar-refractivity contribution in [3.63, 3.8) is 0 Å². The number of ether oxygens (including phenoxy) is 2. The summed E-state index contributed by atoms with van der Waals surface area (Å²) in [5, 5.41) is 2.59. The second-order valence-corrected chi connectivity index (χ2v) is 3.66. The number of amides is 1. The van der Waals surface area contributed by atoms with Crippen molar-refractivity contribution in [3.8, 4) is 5.75 Å². The van der Waals surface area contributed by atoms with E-state index in [0.717, 1.165) is 0 Å². The molecule has 0 heterocycles. The number of rotatable bonds is 7. The maximum absolute atomic E-state index is 12.8. The van der Waals surface area contributed by atoms with Crippen molar-refractivity contribution < 1.29 is 18.7 Å². The molecule has 1 aromatic carbocycles. The van der Waals surface area contributed by atoms with Gasteiger partial charge in [0.25, 0.3) is 0 Å². The second-order valence-electron chi connectivity index (χ2n) is 3.66. The summed E-state index contributed by atoms with van der Waals surface area (Å²) in [6, 6.07) is 5.11. The molecule has 0 aromatic heterocycles. The zero-order chi connectivity index (χ0) is 13.4. The van der Waals surface area contributed by atoms with E-state index in [9.17, 15) is 9.18 Å². The Bertz CT molecular complexity index is 393. The van der Waals surface area contributed by atoms with Gasteiger partial charge in [0.1, 0.15) is 24.2 Å². The van der Waals surface area contributed by atoms with Gasteiger partial charge in [-0.1, -0.05) is 6.07 Å². The fourth-order valence-corrected chi connectivity index (χ4v) is 1.29. The van der Waals surface area contributed by atoms with Crippen LogP contribution in [0, 0.1) is 5.82 Å². The standard InChI is InChI=1S/C12H17FN2O3.ClH/c1-17-8-11(14)12(16)15-5-6-18-10-4-2-3-9(13)7-10;/h2-4,7,11H,5-6,8,14H2,1H3,(H,15,16);1H. The topological polar surface area (TPSA) is 73.6 Å². The van der Waals surface area contributed by atoms with E-state index >= 15 is 0 Å². The van der Waals surface area contributed by atoms with Crippen LogP contribution in [0.1, 0.15) is 0 Å². The van der Waals surface area contributed by atoms with Gasteiger partial charge in [-0.2, -0.15) is 0 Å². The molecule has 1 amide bonds. The van der Waals surface area contributed by atoms with Gasteiger partial charge in [0.2, 0.25) is 5.91 Å². The molecular weight excluding hydrogens is 275 g/mol. The third kappa shape index (κ3) is 6.95. The van der Waals surface area contributed by atoms with Crippen molar-refractivity contribution in [2.45, 2.75) is 6.04 Å². The largest absolute Gasteiger partial charge is 0.492 e. The van der Waals surface area contributed by atoms with E-state index in [1.165, 1.54) is 19.2 Å². The average molecular weight is 293 g/mol. The van der Waals surface area contributed by atoms with E-state index in [0.29, 0.717) is 12.3 Å². The van der Waals surface area contributed by atoms with Crippen LogP contribution >= 0.6 is 12.4 Å². The molecule has 0 bridgehead atoms. The Morgan fingerprint density at radius 3 is 2.89 bits per heavy atom. The van der Waals surface area contributed by atoms with Crippen molar-refractivity contribution in [1.82, 2.24) is 5.32 Å². The van der Waals surface area contributed by atoms with Gasteiger partial charge in [0.15, 0.2) is 0 Å². The van der Waals surface area contributed by atoms with Gasteiger partial charge < -0.3 is 20.5 Å². The van der Waals surface area contributed by atoms with Crippen molar-refractivity contribution in [1.29, 1.82) is 0 Å². The van der Waals surface area contributed by atoms with Crippen LogP contribution in [0.3, 0.4) is 0 Å². The maximum atomic E-state index is 12.8. The highest BCUT2D eigenvalue weighted by Gasteiger charge is 2.11. The predicted molar refractivity (Wildman–Crippen MR) is 72.0 cm³/mol. The van der Waals surface area contributed by atoms with Crippen molar-refractivity contribution in [2.24, 2.45) is 5.73 Å². The molecule has 0 spiro atoms. The van der Waals surface area contributed by atoms with Crippen LogP contribution in [0.4, 0.5) is 4.39 Å². The molecule has 0 aliphatic carbocycles. The predicted octanol–water partition coefficient (Wildman–Crippen LogP) is 0.716. The average Bonchev–Trinajstić information content (AvgIpc) is 2.35. The minimum Gasteiger partial charge on any atom is -0.492 e. The molecule has 0 aliphatic rings. The first kappa shape index (κ1) is 17.6. The monoisotopic (exact) mass is 292 g/mol. The van der Waals surface area contributed by atoms with Crippen LogP contribution in [0.5, 0.6) is 5.75 Å². The van der Waals surface area contributed by atoms with Gasteiger partial charge in [-0.05, 0) is 12.1 Å². The van der Waals surface area contributed by atoms with Gasteiger partial charge in [-0.25, -0.2) is 4.39 Å². The SMILES string of the molecule is COCC(N)C(=O)NCCOc1cccc(F)c1.Cl. The van der Waals surface area contributed by atoms with E-state index in [1.54, 1.807) is 12.1 Å². The van der Waals surface area contributed by atoms with Crippen molar-refractivity contribution in [3.05, 3.63) is 30.1 Å². The molecule has 1 aromatic rings. The fourth-order valence-electron chi connectivity index (χ4n) is 1.29. The summed E-state index contributed by atoms with van der Waals surface area (Å²) < 4.78 is 22.8. The highest BCUT2D eigenvalue weighted by Crippen LogP contribution is 2.11. The molecular formula is C12H18ClFN2O3. The van der Waals surface area contributed by atoms with Crippen LogP contribution < -0.4 is 15.8 Å². The van der Waals surface area contributed by atoms with Crippen LogP contribution in [0.2, 0.25) is 0 Å². The first-order valence-electron chi connectivity index (χ1n) is 5.54. The Kier molecular flexibility index (Phi) is 8.86. The number of hydrogen-bond acceptors (Lipinski definition) is 4. The number of nitrogens with one attached hydrogen (secondary N) is 1. The lowest BCUT2D eigenvalue weighted by molar-refractivity contribution is -0.123. The molecule has 7 heteroatoms. The van der Waals surface area contributed by atoms with Crippen molar-refractivity contribution >= 4 is 18.3 Å². The van der Waals surface area contributed by atoms with E-state index in [-0.39, 0.29) is 37.3 Å². The minimum absolute atomic E-state index is 0. The lowest BCUT2D eigenvalue weighted by Gasteiger charge is -2.11. The number of hydrogen-bond donors (Lipinski definition) is 2. The lowest BCUT2D eigenvalue weighted by Crippen LogP contribution is -2.44. The first-order chi connectivity index (χ1) is 8.63. The summed E-state index contributed by atoms with van der Waals surface area (Å²) in [4.78, 5) is 11.4. The van der Waals surface area contributed by atoms with E-state index in [1.807, 2.05) is 0 Å². The zero-order valence-corrected chi connectivity index (χ0v) is 11.4. The number of nitrogens with two attached hydrogens (primary N) is 1. The molecule has 1 unspecified atom stereocenters. The Hall–Kier alpha value is -1.37. The van der Waals surface area contributed by atoms with Gasteiger partial charge in [-0.15, -0.1) is 12.4 Å². The lowest BCUT2D eigenvalue weighted by atomic mass is 10.3. The molecule has 0 radical (unpaired) electrons. The third-order valence-corrected chi connectivity index (χ3v) is 2.15. The quantitative estimate of drug-likeness (QED) is 0.726. The van der Waals surface area contributed by atoms with Crippen LogP contribution in [-0.2, 0) is 9.53 Å². The number of halogens is 2. The van der Waals surface area contributed by atoms with E-state index in [2.05, 4.69) is 5.32 Å². The van der Waals surface area contributed by atoms with E-state index in [4.69, 9.17) is 15.2 Å². The van der Waals surface area contributed by atoms with Crippen LogP contribution in [-0.4, -0.2) is 38.8 Å². The first-order valence-corrected chi connectivity index (χ1v) is 5.54. The smallest absolute Gasteiger partial charge is 0.239 e. The minimum atomic E-state index is -0.691. The molecule has 0 saturated carbocycles. The Labute approximate surface area is 117 Å². The molecule has 0 saturated heterocycles. The Morgan fingerprint density at radius 2 is 2.26 bits per heavy atom.